The number of nitrogens with zero attached hydrogens (tertiary/aromatic N) is 2. The predicted molar refractivity (Wildman–Crippen MR) is 118 cm³/mol. The third-order valence-corrected chi connectivity index (χ3v) is 7.52. The van der Waals surface area contributed by atoms with Crippen molar-refractivity contribution < 1.29 is 9.90 Å². The summed E-state index contributed by atoms with van der Waals surface area (Å²) in [7, 11) is 0. The molecule has 1 N–H and O–H groups in total. The second kappa shape index (κ2) is 6.85. The van der Waals surface area contributed by atoms with E-state index < -0.39 is 5.97 Å². The molecule has 1 aromatic heterocycles. The quantitative estimate of drug-likeness (QED) is 0.584. The van der Waals surface area contributed by atoms with E-state index >= 15 is 0 Å². The number of halogens is 1. The molecule has 0 saturated heterocycles. The van der Waals surface area contributed by atoms with Gasteiger partial charge in [0.2, 0.25) is 0 Å². The predicted octanol–water partition coefficient (Wildman–Crippen LogP) is 5.87. The first kappa shape index (κ1) is 19.4. The number of carboxylic acids is 1. The van der Waals surface area contributed by atoms with E-state index in [1.165, 1.54) is 11.1 Å². The SMILES string of the molecule is CC1(C)C(c2ccc(C(=O)O)cc2)=CC[C@]2(C)CN(c3ncc(Br)s3)CC=C12. The van der Waals surface area contributed by atoms with Crippen LogP contribution in [0.5, 0.6) is 0 Å². The Balaban J connectivity index is 1.67. The summed E-state index contributed by atoms with van der Waals surface area (Å²) < 4.78 is 1.05. The van der Waals surface area contributed by atoms with Crippen LogP contribution in [-0.4, -0.2) is 29.1 Å². The Bertz CT molecular complexity index is 990. The second-order valence-corrected chi connectivity index (χ2v) is 10.7. The number of fused-ring (bicyclic) bond motifs is 1. The lowest BCUT2D eigenvalue weighted by molar-refractivity contribution is 0.0697. The van der Waals surface area contributed by atoms with Gasteiger partial charge in [0.25, 0.3) is 0 Å². The molecule has 1 atom stereocenters. The van der Waals surface area contributed by atoms with Crippen molar-refractivity contribution in [1.29, 1.82) is 0 Å². The van der Waals surface area contributed by atoms with Crippen LogP contribution in [0.15, 0.2) is 52.0 Å². The molecule has 0 bridgehead atoms. The molecule has 2 heterocycles. The topological polar surface area (TPSA) is 53.4 Å². The van der Waals surface area contributed by atoms with Gasteiger partial charge in [-0.05, 0) is 45.6 Å². The Kier molecular flexibility index (Phi) is 4.74. The van der Waals surface area contributed by atoms with Gasteiger partial charge in [-0.25, -0.2) is 9.78 Å². The molecule has 0 fully saturated rings. The zero-order valence-corrected chi connectivity index (χ0v) is 18.6. The van der Waals surface area contributed by atoms with Gasteiger partial charge in [-0.2, -0.15) is 0 Å². The maximum absolute atomic E-state index is 11.2. The molecule has 0 spiro atoms. The fourth-order valence-corrected chi connectivity index (χ4v) is 5.93. The number of carbonyl (C=O) groups is 1. The molecule has 4 rings (SSSR count). The molecular weight excluding hydrogens is 436 g/mol. The van der Waals surface area contributed by atoms with E-state index in [0.29, 0.717) is 5.56 Å². The summed E-state index contributed by atoms with van der Waals surface area (Å²) in [6.07, 6.45) is 7.54. The lowest BCUT2D eigenvalue weighted by Crippen LogP contribution is -2.46. The number of aromatic nitrogens is 1. The van der Waals surface area contributed by atoms with Crippen LogP contribution < -0.4 is 4.90 Å². The number of allylic oxidation sites excluding steroid dienone is 2. The summed E-state index contributed by atoms with van der Waals surface area (Å²) in [6.45, 7) is 8.71. The minimum absolute atomic E-state index is 0.0599. The molecule has 146 valence electrons. The number of benzene rings is 1. The fourth-order valence-electron chi connectivity index (χ4n) is 4.74. The van der Waals surface area contributed by atoms with E-state index in [4.69, 9.17) is 5.11 Å². The molecule has 28 heavy (non-hydrogen) atoms. The summed E-state index contributed by atoms with van der Waals surface area (Å²) in [5.41, 5.74) is 4.12. The van der Waals surface area contributed by atoms with Crippen molar-refractivity contribution in [3.05, 3.63) is 63.1 Å². The Labute approximate surface area is 177 Å². The number of hydrogen-bond donors (Lipinski definition) is 1. The highest BCUT2D eigenvalue weighted by Crippen LogP contribution is 2.55. The van der Waals surface area contributed by atoms with E-state index in [-0.39, 0.29) is 10.8 Å². The first-order chi connectivity index (χ1) is 13.2. The Morgan fingerprint density at radius 3 is 2.54 bits per heavy atom. The van der Waals surface area contributed by atoms with Crippen LogP contribution in [-0.2, 0) is 0 Å². The number of aromatic carboxylic acids is 1. The Hall–Kier alpha value is -1.92. The van der Waals surface area contributed by atoms with Gasteiger partial charge in [-0.3, -0.25) is 0 Å². The van der Waals surface area contributed by atoms with Gasteiger partial charge in [-0.15, -0.1) is 0 Å². The monoisotopic (exact) mass is 458 g/mol. The van der Waals surface area contributed by atoms with Crippen LogP contribution in [0.4, 0.5) is 5.13 Å². The number of hydrogen-bond acceptors (Lipinski definition) is 4. The van der Waals surface area contributed by atoms with E-state index in [9.17, 15) is 4.79 Å². The molecule has 2 aliphatic rings. The van der Waals surface area contributed by atoms with Gasteiger partial charge in [0, 0.05) is 23.9 Å². The lowest BCUT2D eigenvalue weighted by atomic mass is 9.58. The minimum Gasteiger partial charge on any atom is -0.478 e. The Morgan fingerprint density at radius 2 is 1.93 bits per heavy atom. The highest BCUT2D eigenvalue weighted by atomic mass is 79.9. The first-order valence-electron chi connectivity index (χ1n) is 9.32. The summed E-state index contributed by atoms with van der Waals surface area (Å²) in [4.78, 5) is 18.1. The highest BCUT2D eigenvalue weighted by molar-refractivity contribution is 9.11. The van der Waals surface area contributed by atoms with Crippen LogP contribution in [0, 0.1) is 10.8 Å². The summed E-state index contributed by atoms with van der Waals surface area (Å²) in [5, 5.41) is 10.2. The van der Waals surface area contributed by atoms with Crippen LogP contribution in [0.3, 0.4) is 0 Å². The van der Waals surface area contributed by atoms with Gasteiger partial charge in [0.1, 0.15) is 0 Å². The molecule has 1 aromatic carbocycles. The van der Waals surface area contributed by atoms with Crippen molar-refractivity contribution in [2.45, 2.75) is 27.2 Å². The standard InChI is InChI=1S/C22H23BrN2O2S/c1-21(2)16(14-4-6-15(7-5-14)19(26)27)8-10-22(3)13-25(11-9-17(21)22)20-24-12-18(23)28-20/h4-9,12H,10-11,13H2,1-3H3,(H,26,27)/t22-/m1/s1. The molecule has 0 unspecified atom stereocenters. The van der Waals surface area contributed by atoms with Crippen molar-refractivity contribution in [3.8, 4) is 0 Å². The zero-order chi connectivity index (χ0) is 20.1. The van der Waals surface area contributed by atoms with Gasteiger partial charge in [0.15, 0.2) is 5.13 Å². The molecule has 1 aliphatic heterocycles. The van der Waals surface area contributed by atoms with Crippen molar-refractivity contribution in [2.24, 2.45) is 10.8 Å². The summed E-state index contributed by atoms with van der Waals surface area (Å²) in [5.74, 6) is -0.889. The van der Waals surface area contributed by atoms with Crippen molar-refractivity contribution in [1.82, 2.24) is 4.98 Å². The summed E-state index contributed by atoms with van der Waals surface area (Å²) >= 11 is 5.19. The van der Waals surface area contributed by atoms with Crippen LogP contribution in [0.2, 0.25) is 0 Å². The number of anilines is 1. The first-order valence-corrected chi connectivity index (χ1v) is 10.9. The maximum atomic E-state index is 11.2. The average molecular weight is 459 g/mol. The number of thiazole rings is 1. The van der Waals surface area contributed by atoms with Gasteiger partial charge >= 0.3 is 5.97 Å². The maximum Gasteiger partial charge on any atom is 0.335 e. The minimum atomic E-state index is -0.889. The van der Waals surface area contributed by atoms with Crippen LogP contribution >= 0.6 is 27.3 Å². The molecule has 0 saturated carbocycles. The van der Waals surface area contributed by atoms with Crippen LogP contribution in [0.25, 0.3) is 5.57 Å². The van der Waals surface area contributed by atoms with Gasteiger partial charge in [0.05, 0.1) is 15.5 Å². The lowest BCUT2D eigenvalue weighted by Gasteiger charge is -2.50. The molecular formula is C22H23BrN2O2S. The van der Waals surface area contributed by atoms with E-state index in [1.54, 1.807) is 23.5 Å². The largest absolute Gasteiger partial charge is 0.478 e. The van der Waals surface area contributed by atoms with Crippen molar-refractivity contribution in [2.75, 3.05) is 18.0 Å². The third-order valence-electron chi connectivity index (χ3n) is 5.99. The normalized spacial score (nSPS) is 23.6. The molecule has 1 aliphatic carbocycles. The van der Waals surface area contributed by atoms with Gasteiger partial charge in [-0.1, -0.05) is 62.0 Å². The van der Waals surface area contributed by atoms with E-state index in [1.807, 2.05) is 18.3 Å². The molecule has 4 nitrogen and oxygen atoms in total. The average Bonchev–Trinajstić information content (AvgIpc) is 3.07. The van der Waals surface area contributed by atoms with Gasteiger partial charge < -0.3 is 10.0 Å². The number of carboxylic acid groups (broad SMARTS) is 1. The zero-order valence-electron chi connectivity index (χ0n) is 16.2. The van der Waals surface area contributed by atoms with Crippen molar-refractivity contribution >= 4 is 43.9 Å². The van der Waals surface area contributed by atoms with Crippen LogP contribution in [0.1, 0.15) is 43.1 Å². The van der Waals surface area contributed by atoms with E-state index in [0.717, 1.165) is 34.0 Å². The number of rotatable bonds is 3. The third kappa shape index (κ3) is 3.22. The van der Waals surface area contributed by atoms with E-state index in [2.05, 4.69) is 58.7 Å². The highest BCUT2D eigenvalue weighted by Gasteiger charge is 2.46. The molecule has 0 radical (unpaired) electrons. The molecule has 6 heteroatoms. The molecule has 0 amide bonds. The smallest absolute Gasteiger partial charge is 0.335 e. The Morgan fingerprint density at radius 1 is 1.21 bits per heavy atom. The summed E-state index contributed by atoms with van der Waals surface area (Å²) in [6, 6.07) is 7.25. The van der Waals surface area contributed by atoms with Crippen molar-refractivity contribution in [3.63, 3.8) is 0 Å². The second-order valence-electron chi connectivity index (χ2n) is 8.34. The molecule has 2 aromatic rings. The fraction of sp³-hybridized carbons (Fsp3) is 0.364.